The third-order valence-electron chi connectivity index (χ3n) is 1.46. The Morgan fingerprint density at radius 2 is 2.30 bits per heavy atom. The lowest BCUT2D eigenvalue weighted by atomic mass is 10.7. The van der Waals surface area contributed by atoms with Gasteiger partial charge in [-0.1, -0.05) is 0 Å². The van der Waals surface area contributed by atoms with Gasteiger partial charge >= 0.3 is 0 Å². The van der Waals surface area contributed by atoms with E-state index in [0.717, 1.165) is 0 Å². The summed E-state index contributed by atoms with van der Waals surface area (Å²) in [6.45, 7) is 0. The minimum absolute atomic E-state index is 0.602. The zero-order valence-corrected chi connectivity index (χ0v) is 7.07. The molecule has 1 fully saturated rings. The highest BCUT2D eigenvalue weighted by Gasteiger charge is 2.22. The van der Waals surface area contributed by atoms with Gasteiger partial charge in [-0.2, -0.15) is 0 Å². The lowest BCUT2D eigenvalue weighted by Crippen LogP contribution is -2.37. The molecule has 0 aromatic heterocycles. The third kappa shape index (κ3) is 2.11. The van der Waals surface area contributed by atoms with Crippen LogP contribution in [0.3, 0.4) is 0 Å². The molecule has 1 N–H and O–H groups in total. The summed E-state index contributed by atoms with van der Waals surface area (Å²) in [6, 6.07) is 0.602. The van der Waals surface area contributed by atoms with Crippen molar-refractivity contribution >= 4 is 17.3 Å². The summed E-state index contributed by atoms with van der Waals surface area (Å²) < 4.78 is 0. The van der Waals surface area contributed by atoms with E-state index in [2.05, 4.69) is 5.32 Å². The van der Waals surface area contributed by atoms with E-state index < -0.39 is 0 Å². The maximum absolute atomic E-state index is 4.98. The van der Waals surface area contributed by atoms with E-state index >= 15 is 0 Å². The SMILES string of the molecule is CON(C)C(=S)NC1CC1. The Labute approximate surface area is 66.3 Å². The molecule has 0 radical (unpaired) electrons. The van der Waals surface area contributed by atoms with Crippen LogP contribution in [-0.4, -0.2) is 30.4 Å². The van der Waals surface area contributed by atoms with Gasteiger partial charge in [-0.3, -0.25) is 4.84 Å². The first-order valence-electron chi connectivity index (χ1n) is 3.32. The number of hydroxylamine groups is 2. The predicted octanol–water partition coefficient (Wildman–Crippen LogP) is 0.516. The van der Waals surface area contributed by atoms with Crippen LogP contribution in [0.25, 0.3) is 0 Å². The highest BCUT2D eigenvalue weighted by atomic mass is 32.1. The minimum Gasteiger partial charge on any atom is -0.358 e. The number of hydrogen-bond acceptors (Lipinski definition) is 2. The van der Waals surface area contributed by atoms with Crippen LogP contribution in [-0.2, 0) is 4.84 Å². The molecule has 1 aliphatic rings. The van der Waals surface area contributed by atoms with Crippen molar-refractivity contribution in [3.05, 3.63) is 0 Å². The van der Waals surface area contributed by atoms with Gasteiger partial charge in [-0.15, -0.1) is 0 Å². The molecular weight excluding hydrogens is 148 g/mol. The zero-order chi connectivity index (χ0) is 7.56. The van der Waals surface area contributed by atoms with Gasteiger partial charge in [0.05, 0.1) is 7.11 Å². The zero-order valence-electron chi connectivity index (χ0n) is 6.26. The van der Waals surface area contributed by atoms with Crippen molar-refractivity contribution < 1.29 is 4.84 Å². The largest absolute Gasteiger partial charge is 0.358 e. The van der Waals surface area contributed by atoms with E-state index in [9.17, 15) is 0 Å². The van der Waals surface area contributed by atoms with Crippen LogP contribution in [0.4, 0.5) is 0 Å². The molecule has 10 heavy (non-hydrogen) atoms. The summed E-state index contributed by atoms with van der Waals surface area (Å²) >= 11 is 4.98. The summed E-state index contributed by atoms with van der Waals surface area (Å²) in [5, 5.41) is 5.36. The maximum atomic E-state index is 4.98. The summed E-state index contributed by atoms with van der Waals surface area (Å²) in [5.41, 5.74) is 0. The highest BCUT2D eigenvalue weighted by molar-refractivity contribution is 7.80. The van der Waals surface area contributed by atoms with Crippen LogP contribution < -0.4 is 5.32 Å². The minimum atomic E-state index is 0.602. The molecule has 0 aliphatic heterocycles. The second kappa shape index (κ2) is 3.16. The molecule has 0 unspecified atom stereocenters. The molecule has 0 heterocycles. The van der Waals surface area contributed by atoms with Crippen molar-refractivity contribution in [1.29, 1.82) is 0 Å². The van der Waals surface area contributed by atoms with Crippen molar-refractivity contribution in [3.8, 4) is 0 Å². The fraction of sp³-hybridized carbons (Fsp3) is 0.833. The average molecular weight is 160 g/mol. The quantitative estimate of drug-likeness (QED) is 0.470. The van der Waals surface area contributed by atoms with E-state index in [1.54, 1.807) is 19.2 Å². The fourth-order valence-electron chi connectivity index (χ4n) is 0.576. The summed E-state index contributed by atoms with van der Waals surface area (Å²) in [7, 11) is 3.39. The number of nitrogens with zero attached hydrogens (tertiary/aromatic N) is 1. The monoisotopic (exact) mass is 160 g/mol. The molecular formula is C6H12N2OS. The van der Waals surface area contributed by atoms with Gasteiger partial charge in [0.2, 0.25) is 0 Å². The lowest BCUT2D eigenvalue weighted by molar-refractivity contribution is -0.0424. The van der Waals surface area contributed by atoms with Gasteiger partial charge in [0, 0.05) is 13.1 Å². The number of thiocarbonyl (C=S) groups is 1. The Morgan fingerprint density at radius 3 is 2.70 bits per heavy atom. The van der Waals surface area contributed by atoms with Gasteiger partial charge < -0.3 is 5.32 Å². The predicted molar refractivity (Wildman–Crippen MR) is 43.5 cm³/mol. The van der Waals surface area contributed by atoms with Gasteiger partial charge in [0.1, 0.15) is 0 Å². The van der Waals surface area contributed by atoms with Crippen LogP contribution in [0.2, 0.25) is 0 Å². The Bertz CT molecular complexity index is 136. The Balaban J connectivity index is 2.18. The first kappa shape index (κ1) is 7.75. The number of nitrogens with one attached hydrogen (secondary N) is 1. The Kier molecular flexibility index (Phi) is 2.45. The molecule has 0 atom stereocenters. The van der Waals surface area contributed by atoms with E-state index in [0.29, 0.717) is 11.2 Å². The molecule has 0 saturated heterocycles. The standard InChI is InChI=1S/C6H12N2OS/c1-8(9-2)6(10)7-5-3-4-5/h5H,3-4H2,1-2H3,(H,7,10). The number of hydrogen-bond donors (Lipinski definition) is 1. The van der Waals surface area contributed by atoms with E-state index in [-0.39, 0.29) is 0 Å². The molecule has 0 spiro atoms. The normalized spacial score (nSPS) is 16.6. The molecule has 1 saturated carbocycles. The molecule has 3 nitrogen and oxygen atoms in total. The smallest absolute Gasteiger partial charge is 0.193 e. The lowest BCUT2D eigenvalue weighted by Gasteiger charge is -2.17. The van der Waals surface area contributed by atoms with E-state index in [4.69, 9.17) is 17.1 Å². The first-order valence-corrected chi connectivity index (χ1v) is 3.73. The second-order valence-corrected chi connectivity index (χ2v) is 2.79. The Hall–Kier alpha value is -0.350. The van der Waals surface area contributed by atoms with Crippen molar-refractivity contribution in [2.45, 2.75) is 18.9 Å². The van der Waals surface area contributed by atoms with Crippen molar-refractivity contribution in [2.24, 2.45) is 0 Å². The summed E-state index contributed by atoms with van der Waals surface area (Å²) in [5.74, 6) is 0. The van der Waals surface area contributed by atoms with Gasteiger partial charge in [-0.05, 0) is 25.1 Å². The van der Waals surface area contributed by atoms with Gasteiger partial charge in [0.25, 0.3) is 0 Å². The van der Waals surface area contributed by atoms with Crippen molar-refractivity contribution in [2.75, 3.05) is 14.2 Å². The molecule has 0 aromatic rings. The highest BCUT2D eigenvalue weighted by Crippen LogP contribution is 2.18. The molecule has 0 amide bonds. The van der Waals surface area contributed by atoms with Crippen LogP contribution >= 0.6 is 12.2 Å². The molecule has 1 aliphatic carbocycles. The van der Waals surface area contributed by atoms with Crippen LogP contribution in [0.15, 0.2) is 0 Å². The van der Waals surface area contributed by atoms with Crippen LogP contribution in [0, 0.1) is 0 Å². The topological polar surface area (TPSA) is 24.5 Å². The van der Waals surface area contributed by atoms with Gasteiger partial charge in [0.15, 0.2) is 5.11 Å². The van der Waals surface area contributed by atoms with Crippen molar-refractivity contribution in [1.82, 2.24) is 10.4 Å². The third-order valence-corrected chi connectivity index (χ3v) is 1.84. The molecule has 4 heteroatoms. The maximum Gasteiger partial charge on any atom is 0.193 e. The van der Waals surface area contributed by atoms with E-state index in [1.807, 2.05) is 0 Å². The second-order valence-electron chi connectivity index (χ2n) is 2.40. The summed E-state index contributed by atoms with van der Waals surface area (Å²) in [6.07, 6.45) is 2.47. The molecule has 58 valence electrons. The first-order chi connectivity index (χ1) is 4.74. The van der Waals surface area contributed by atoms with Crippen LogP contribution in [0.5, 0.6) is 0 Å². The van der Waals surface area contributed by atoms with Gasteiger partial charge in [-0.25, -0.2) is 5.06 Å². The summed E-state index contributed by atoms with van der Waals surface area (Å²) in [4.78, 5) is 4.87. The number of rotatable bonds is 2. The Morgan fingerprint density at radius 1 is 1.70 bits per heavy atom. The molecule has 0 aromatic carbocycles. The fourth-order valence-corrected chi connectivity index (χ4v) is 0.817. The molecule has 1 rings (SSSR count). The average Bonchev–Trinajstić information content (AvgIpc) is 2.70. The van der Waals surface area contributed by atoms with E-state index in [1.165, 1.54) is 12.8 Å². The van der Waals surface area contributed by atoms with Crippen molar-refractivity contribution in [3.63, 3.8) is 0 Å². The molecule has 0 bridgehead atoms. The van der Waals surface area contributed by atoms with Crippen LogP contribution in [0.1, 0.15) is 12.8 Å².